The maximum Gasteiger partial charge on any atom is 0.425 e. The molecule has 0 aliphatic rings. The lowest BCUT2D eigenvalue weighted by molar-refractivity contribution is 0.0893. The molecule has 0 fully saturated rings. The highest BCUT2D eigenvalue weighted by molar-refractivity contribution is 5.66. The average molecular weight is 149 g/mol. The Kier molecular flexibility index (Phi) is 4.55. The van der Waals surface area contributed by atoms with Gasteiger partial charge in [0.15, 0.2) is 0 Å². The van der Waals surface area contributed by atoms with E-state index in [9.17, 15) is 4.79 Å². The van der Waals surface area contributed by atoms with Gasteiger partial charge in [0.1, 0.15) is 0 Å². The standard InChI is InChI=1S/C4H11N3O3/c1-10-4(9)7(6-5)2-3-8/h6,8H,2-3,5H2,1H3. The molecule has 60 valence electrons. The Balaban J connectivity index is 3.68. The predicted octanol–water partition coefficient (Wildman–Crippen LogP) is -1.57. The number of ether oxygens (including phenoxy) is 1. The van der Waals surface area contributed by atoms with Gasteiger partial charge >= 0.3 is 6.09 Å². The number of carbonyl (C=O) groups excluding carboxylic acids is 1. The molecule has 4 N–H and O–H groups in total. The summed E-state index contributed by atoms with van der Waals surface area (Å²) in [5, 5.41) is 9.31. The van der Waals surface area contributed by atoms with E-state index in [2.05, 4.69) is 10.3 Å². The van der Waals surface area contributed by atoms with Crippen LogP contribution in [0.4, 0.5) is 4.79 Å². The Morgan fingerprint density at radius 3 is 2.80 bits per heavy atom. The van der Waals surface area contributed by atoms with Gasteiger partial charge in [-0.2, -0.15) is 5.53 Å². The molecule has 0 aliphatic carbocycles. The van der Waals surface area contributed by atoms with E-state index >= 15 is 0 Å². The number of hydrazine groups is 2. The summed E-state index contributed by atoms with van der Waals surface area (Å²) in [7, 11) is 1.23. The maximum absolute atomic E-state index is 10.6. The number of hydrogen-bond donors (Lipinski definition) is 3. The van der Waals surface area contributed by atoms with Crippen LogP contribution in [0.25, 0.3) is 0 Å². The first kappa shape index (κ1) is 9.15. The molecule has 0 rings (SSSR count). The topological polar surface area (TPSA) is 87.8 Å². The summed E-state index contributed by atoms with van der Waals surface area (Å²) in [6, 6.07) is 0. The summed E-state index contributed by atoms with van der Waals surface area (Å²) in [4.78, 5) is 10.6. The van der Waals surface area contributed by atoms with Crippen LogP contribution in [0.3, 0.4) is 0 Å². The van der Waals surface area contributed by atoms with Crippen LogP contribution in [0.5, 0.6) is 0 Å². The minimum atomic E-state index is -0.628. The van der Waals surface area contributed by atoms with Crippen LogP contribution in [0.1, 0.15) is 0 Å². The van der Waals surface area contributed by atoms with Crippen LogP contribution >= 0.6 is 0 Å². The van der Waals surface area contributed by atoms with Gasteiger partial charge in [0.2, 0.25) is 0 Å². The van der Waals surface area contributed by atoms with E-state index in [0.717, 1.165) is 5.01 Å². The van der Waals surface area contributed by atoms with Crippen molar-refractivity contribution < 1.29 is 14.6 Å². The van der Waals surface area contributed by atoms with Crippen LogP contribution in [0.15, 0.2) is 0 Å². The van der Waals surface area contributed by atoms with E-state index in [1.54, 1.807) is 0 Å². The highest BCUT2D eigenvalue weighted by Gasteiger charge is 2.09. The average Bonchev–Trinajstić information content (AvgIpc) is 1.99. The first-order valence-corrected chi connectivity index (χ1v) is 2.68. The summed E-state index contributed by atoms with van der Waals surface area (Å²) < 4.78 is 4.29. The van der Waals surface area contributed by atoms with Gasteiger partial charge in [0.05, 0.1) is 20.3 Å². The van der Waals surface area contributed by atoms with Crippen LogP contribution in [-0.4, -0.2) is 36.5 Å². The molecule has 0 heterocycles. The number of methoxy groups -OCH3 is 1. The van der Waals surface area contributed by atoms with E-state index in [4.69, 9.17) is 10.9 Å². The van der Waals surface area contributed by atoms with Gasteiger partial charge in [-0.25, -0.2) is 9.80 Å². The highest BCUT2D eigenvalue weighted by atomic mass is 16.5. The summed E-state index contributed by atoms with van der Waals surface area (Å²) in [6.45, 7) is -0.0670. The molecule has 0 aromatic rings. The van der Waals surface area contributed by atoms with Gasteiger partial charge in [0.25, 0.3) is 0 Å². The van der Waals surface area contributed by atoms with Crippen LogP contribution in [-0.2, 0) is 4.74 Å². The number of nitrogens with one attached hydrogen (secondary N) is 1. The third-order valence-corrected chi connectivity index (χ3v) is 0.874. The lowest BCUT2D eigenvalue weighted by Gasteiger charge is -2.16. The fourth-order valence-electron chi connectivity index (χ4n) is 0.419. The van der Waals surface area contributed by atoms with Crippen molar-refractivity contribution in [3.05, 3.63) is 0 Å². The monoisotopic (exact) mass is 149 g/mol. The number of amides is 1. The second kappa shape index (κ2) is 4.98. The number of carbonyl (C=O) groups is 1. The zero-order valence-corrected chi connectivity index (χ0v) is 5.70. The molecule has 0 saturated carbocycles. The van der Waals surface area contributed by atoms with Gasteiger partial charge in [-0.3, -0.25) is 5.84 Å². The predicted molar refractivity (Wildman–Crippen MR) is 33.5 cm³/mol. The molecular weight excluding hydrogens is 138 g/mol. The normalized spacial score (nSPS) is 9.10. The number of hydrogen-bond acceptors (Lipinski definition) is 5. The van der Waals surface area contributed by atoms with E-state index in [1.807, 2.05) is 0 Å². The van der Waals surface area contributed by atoms with Gasteiger partial charge in [-0.15, -0.1) is 0 Å². The maximum atomic E-state index is 10.6. The molecule has 6 heteroatoms. The van der Waals surface area contributed by atoms with Crippen LogP contribution in [0.2, 0.25) is 0 Å². The number of rotatable bonds is 3. The minimum absolute atomic E-state index is 0.100. The number of nitrogens with zero attached hydrogens (tertiary/aromatic N) is 1. The van der Waals surface area contributed by atoms with Crippen molar-refractivity contribution in [2.24, 2.45) is 5.84 Å². The molecule has 0 bridgehead atoms. The molecule has 6 nitrogen and oxygen atoms in total. The molecule has 1 amide bonds. The molecule has 0 aliphatic heterocycles. The van der Waals surface area contributed by atoms with Crippen LogP contribution < -0.4 is 11.4 Å². The third-order valence-electron chi connectivity index (χ3n) is 0.874. The Labute approximate surface area is 58.5 Å². The highest BCUT2D eigenvalue weighted by Crippen LogP contribution is 1.84. The van der Waals surface area contributed by atoms with Crippen molar-refractivity contribution >= 4 is 6.09 Å². The van der Waals surface area contributed by atoms with Crippen molar-refractivity contribution in [3.63, 3.8) is 0 Å². The molecule has 0 spiro atoms. The Morgan fingerprint density at radius 1 is 1.90 bits per heavy atom. The molecule has 0 unspecified atom stereocenters. The fraction of sp³-hybridized carbons (Fsp3) is 0.750. The summed E-state index contributed by atoms with van der Waals surface area (Å²) >= 11 is 0. The third kappa shape index (κ3) is 2.62. The Morgan fingerprint density at radius 2 is 2.50 bits per heavy atom. The SMILES string of the molecule is COC(=O)N(CCO)NN. The zero-order chi connectivity index (χ0) is 7.98. The molecule has 0 aromatic heterocycles. The molecule has 0 aromatic carbocycles. The Hall–Kier alpha value is -0.850. The fourth-order valence-corrected chi connectivity index (χ4v) is 0.419. The van der Waals surface area contributed by atoms with Crippen molar-refractivity contribution in [2.45, 2.75) is 0 Å². The first-order valence-electron chi connectivity index (χ1n) is 2.68. The molecule has 0 radical (unpaired) electrons. The van der Waals surface area contributed by atoms with Crippen molar-refractivity contribution in [1.82, 2.24) is 10.5 Å². The van der Waals surface area contributed by atoms with Gasteiger partial charge in [-0.1, -0.05) is 0 Å². The second-order valence-electron chi connectivity index (χ2n) is 1.47. The second-order valence-corrected chi connectivity index (χ2v) is 1.47. The van der Waals surface area contributed by atoms with Gasteiger partial charge in [-0.05, 0) is 0 Å². The number of aliphatic hydroxyl groups excluding tert-OH is 1. The van der Waals surface area contributed by atoms with Crippen molar-refractivity contribution in [1.29, 1.82) is 0 Å². The molecule has 0 saturated heterocycles. The first-order chi connectivity index (χ1) is 4.76. The number of nitrogens with two attached hydrogens (primary N) is 1. The lowest BCUT2D eigenvalue weighted by Crippen LogP contribution is -2.48. The quantitative estimate of drug-likeness (QED) is 0.333. The van der Waals surface area contributed by atoms with Crippen molar-refractivity contribution in [3.8, 4) is 0 Å². The van der Waals surface area contributed by atoms with Crippen molar-refractivity contribution in [2.75, 3.05) is 20.3 Å². The van der Waals surface area contributed by atoms with Gasteiger partial charge < -0.3 is 9.84 Å². The minimum Gasteiger partial charge on any atom is -0.452 e. The van der Waals surface area contributed by atoms with Crippen LogP contribution in [0, 0.1) is 0 Å². The summed E-state index contributed by atoms with van der Waals surface area (Å²) in [5.41, 5.74) is 2.05. The number of aliphatic hydroxyl groups is 1. The van der Waals surface area contributed by atoms with E-state index in [1.165, 1.54) is 7.11 Å². The summed E-state index contributed by atoms with van der Waals surface area (Å²) in [6.07, 6.45) is -0.628. The van der Waals surface area contributed by atoms with Gasteiger partial charge in [0, 0.05) is 0 Å². The molecule has 0 atom stereocenters. The van der Waals surface area contributed by atoms with E-state index in [0.29, 0.717) is 0 Å². The Bertz CT molecular complexity index is 108. The molecular formula is C4H11N3O3. The summed E-state index contributed by atoms with van der Waals surface area (Å²) in [5.74, 6) is 4.90. The smallest absolute Gasteiger partial charge is 0.425 e. The lowest BCUT2D eigenvalue weighted by atomic mass is 10.7. The zero-order valence-electron chi connectivity index (χ0n) is 5.70. The van der Waals surface area contributed by atoms with E-state index in [-0.39, 0.29) is 13.2 Å². The largest absolute Gasteiger partial charge is 0.452 e. The van der Waals surface area contributed by atoms with E-state index < -0.39 is 6.09 Å². The molecule has 10 heavy (non-hydrogen) atoms.